The summed E-state index contributed by atoms with van der Waals surface area (Å²) in [6.45, 7) is 5.37. The van der Waals surface area contributed by atoms with Crippen LogP contribution in [0.1, 0.15) is 49.2 Å². The van der Waals surface area contributed by atoms with Gasteiger partial charge in [0.25, 0.3) is 0 Å². The second kappa shape index (κ2) is 10.2. The van der Waals surface area contributed by atoms with Crippen LogP contribution in [-0.2, 0) is 11.3 Å². The molecule has 1 aromatic carbocycles. The lowest BCUT2D eigenvalue weighted by molar-refractivity contribution is 0.122. The van der Waals surface area contributed by atoms with E-state index >= 15 is 0 Å². The number of ether oxygens (including phenoxy) is 1. The summed E-state index contributed by atoms with van der Waals surface area (Å²) in [6.07, 6.45) is 7.84. The molecule has 2 fully saturated rings. The van der Waals surface area contributed by atoms with E-state index in [1.54, 1.807) is 0 Å². The minimum atomic E-state index is 0.164. The Morgan fingerprint density at radius 3 is 2.47 bits per heavy atom. The highest BCUT2D eigenvalue weighted by Crippen LogP contribution is 2.28. The fourth-order valence-electron chi connectivity index (χ4n) is 4.70. The Labute approximate surface area is 200 Å². The first kappa shape index (κ1) is 22.3. The molecule has 1 aliphatic carbocycles. The van der Waals surface area contributed by atoms with E-state index in [4.69, 9.17) is 9.72 Å². The molecule has 1 aliphatic heterocycles. The number of aryl methyl sites for hydroxylation is 1. The standard InChI is InChI=1S/C25H30N8O/c1-19-11-12-33(30-19)22-9-7-20(8-10-22)18-32(21-5-3-2-4-6-21)25-28-23(17-26)27-24(29-25)31-13-15-34-16-14-31/h7-12,21H,2-6,13-16,18H2,1H3. The molecule has 0 spiro atoms. The van der Waals surface area contributed by atoms with E-state index in [0.717, 1.165) is 24.2 Å². The SMILES string of the molecule is Cc1ccn(-c2ccc(CN(c3nc(C#N)nc(N4CCOCC4)n3)C3CCCCC3)cc2)n1. The Kier molecular flexibility index (Phi) is 6.67. The first-order valence-electron chi connectivity index (χ1n) is 12.1. The van der Waals surface area contributed by atoms with Crippen LogP contribution in [0, 0.1) is 18.3 Å². The van der Waals surface area contributed by atoms with Gasteiger partial charge in [-0.1, -0.05) is 31.4 Å². The quantitative estimate of drug-likeness (QED) is 0.554. The molecule has 9 heteroatoms. The van der Waals surface area contributed by atoms with Crippen molar-refractivity contribution in [3.8, 4) is 11.8 Å². The number of nitrogens with zero attached hydrogens (tertiary/aromatic N) is 8. The lowest BCUT2D eigenvalue weighted by Crippen LogP contribution is -2.40. The Bertz CT molecular complexity index is 1140. The minimum absolute atomic E-state index is 0.164. The van der Waals surface area contributed by atoms with Gasteiger partial charge in [0.1, 0.15) is 6.07 Å². The summed E-state index contributed by atoms with van der Waals surface area (Å²) in [7, 11) is 0. The van der Waals surface area contributed by atoms with E-state index in [1.807, 2.05) is 23.9 Å². The molecule has 176 valence electrons. The highest BCUT2D eigenvalue weighted by molar-refractivity contribution is 5.44. The maximum absolute atomic E-state index is 9.63. The van der Waals surface area contributed by atoms with Gasteiger partial charge in [-0.15, -0.1) is 0 Å². The van der Waals surface area contributed by atoms with Crippen LogP contribution in [0.4, 0.5) is 11.9 Å². The number of anilines is 2. The van der Waals surface area contributed by atoms with Crippen molar-refractivity contribution in [2.75, 3.05) is 36.1 Å². The number of benzene rings is 1. The fourth-order valence-corrected chi connectivity index (χ4v) is 4.70. The summed E-state index contributed by atoms with van der Waals surface area (Å²) < 4.78 is 7.36. The minimum Gasteiger partial charge on any atom is -0.378 e. The largest absolute Gasteiger partial charge is 0.378 e. The van der Waals surface area contributed by atoms with Crippen LogP contribution in [0.3, 0.4) is 0 Å². The molecule has 1 saturated carbocycles. The lowest BCUT2D eigenvalue weighted by Gasteiger charge is -2.35. The van der Waals surface area contributed by atoms with Gasteiger partial charge in [0.2, 0.25) is 17.7 Å². The Balaban J connectivity index is 1.45. The maximum atomic E-state index is 9.63. The van der Waals surface area contributed by atoms with E-state index in [1.165, 1.54) is 24.8 Å². The highest BCUT2D eigenvalue weighted by atomic mass is 16.5. The average molecular weight is 459 g/mol. The smallest absolute Gasteiger partial charge is 0.238 e. The Morgan fingerprint density at radius 1 is 1.03 bits per heavy atom. The van der Waals surface area contributed by atoms with Crippen LogP contribution in [-0.4, -0.2) is 57.1 Å². The first-order chi connectivity index (χ1) is 16.7. The third kappa shape index (κ3) is 5.02. The molecule has 5 rings (SSSR count). The van der Waals surface area contributed by atoms with Gasteiger partial charge < -0.3 is 14.5 Å². The molecular formula is C25H30N8O. The number of morpholine rings is 1. The van der Waals surface area contributed by atoms with Crippen LogP contribution in [0.5, 0.6) is 0 Å². The Morgan fingerprint density at radius 2 is 1.79 bits per heavy atom. The molecule has 3 heterocycles. The zero-order chi connectivity index (χ0) is 23.3. The zero-order valence-corrected chi connectivity index (χ0v) is 19.6. The molecule has 0 radical (unpaired) electrons. The summed E-state index contributed by atoms with van der Waals surface area (Å²) in [5.41, 5.74) is 3.19. The fraction of sp³-hybridized carbons (Fsp3) is 0.480. The van der Waals surface area contributed by atoms with E-state index in [9.17, 15) is 5.26 Å². The van der Waals surface area contributed by atoms with Crippen LogP contribution in [0.25, 0.3) is 5.69 Å². The highest BCUT2D eigenvalue weighted by Gasteiger charge is 2.26. The second-order valence-electron chi connectivity index (χ2n) is 8.96. The van der Waals surface area contributed by atoms with Crippen LogP contribution >= 0.6 is 0 Å². The van der Waals surface area contributed by atoms with Crippen molar-refractivity contribution in [1.29, 1.82) is 5.26 Å². The summed E-state index contributed by atoms with van der Waals surface area (Å²) in [6, 6.07) is 12.9. The predicted molar refractivity (Wildman–Crippen MR) is 129 cm³/mol. The molecule has 9 nitrogen and oxygen atoms in total. The van der Waals surface area contributed by atoms with Crippen molar-refractivity contribution >= 4 is 11.9 Å². The summed E-state index contributed by atoms with van der Waals surface area (Å²) in [5, 5.41) is 14.1. The van der Waals surface area contributed by atoms with Gasteiger partial charge in [-0.25, -0.2) is 4.68 Å². The maximum Gasteiger partial charge on any atom is 0.238 e. The van der Waals surface area contributed by atoms with Gasteiger partial charge in [-0.2, -0.15) is 25.3 Å². The second-order valence-corrected chi connectivity index (χ2v) is 8.96. The van der Waals surface area contributed by atoms with E-state index in [-0.39, 0.29) is 5.82 Å². The van der Waals surface area contributed by atoms with Crippen molar-refractivity contribution in [3.05, 3.63) is 53.6 Å². The van der Waals surface area contributed by atoms with Crippen molar-refractivity contribution in [1.82, 2.24) is 24.7 Å². The van der Waals surface area contributed by atoms with Gasteiger partial charge in [-0.3, -0.25) is 0 Å². The number of hydrogen-bond donors (Lipinski definition) is 0. The van der Waals surface area contributed by atoms with E-state index in [2.05, 4.69) is 55.2 Å². The summed E-state index contributed by atoms with van der Waals surface area (Å²) >= 11 is 0. The molecule has 34 heavy (non-hydrogen) atoms. The van der Waals surface area contributed by atoms with Crippen LogP contribution < -0.4 is 9.80 Å². The molecule has 0 unspecified atom stereocenters. The van der Waals surface area contributed by atoms with Crippen molar-refractivity contribution < 1.29 is 4.74 Å². The van der Waals surface area contributed by atoms with Gasteiger partial charge in [0.15, 0.2) is 0 Å². The van der Waals surface area contributed by atoms with Gasteiger partial charge in [-0.05, 0) is 43.5 Å². The molecule has 3 aromatic rings. The van der Waals surface area contributed by atoms with E-state index < -0.39 is 0 Å². The average Bonchev–Trinajstić information content (AvgIpc) is 3.34. The van der Waals surface area contributed by atoms with Crippen molar-refractivity contribution in [2.45, 2.75) is 51.6 Å². The number of nitriles is 1. The number of aromatic nitrogens is 5. The topological polar surface area (TPSA) is 96.0 Å². The number of rotatable bonds is 6. The predicted octanol–water partition coefficient (Wildman–Crippen LogP) is 3.41. The van der Waals surface area contributed by atoms with Crippen molar-refractivity contribution in [3.63, 3.8) is 0 Å². The normalized spacial score (nSPS) is 16.9. The molecule has 0 atom stereocenters. The monoisotopic (exact) mass is 458 g/mol. The molecule has 0 amide bonds. The summed E-state index contributed by atoms with van der Waals surface area (Å²) in [5.74, 6) is 1.32. The summed E-state index contributed by atoms with van der Waals surface area (Å²) in [4.78, 5) is 18.2. The van der Waals surface area contributed by atoms with Gasteiger partial charge in [0, 0.05) is 31.9 Å². The van der Waals surface area contributed by atoms with Gasteiger partial charge >= 0.3 is 0 Å². The van der Waals surface area contributed by atoms with Crippen LogP contribution in [0.15, 0.2) is 36.5 Å². The zero-order valence-electron chi connectivity index (χ0n) is 19.6. The van der Waals surface area contributed by atoms with Gasteiger partial charge in [0.05, 0.1) is 24.6 Å². The molecule has 1 saturated heterocycles. The third-order valence-electron chi connectivity index (χ3n) is 6.55. The van der Waals surface area contributed by atoms with E-state index in [0.29, 0.717) is 50.8 Å². The molecule has 2 aromatic heterocycles. The molecule has 2 aliphatic rings. The molecule has 0 bridgehead atoms. The Hall–Kier alpha value is -3.51. The molecular weight excluding hydrogens is 428 g/mol. The molecule has 0 N–H and O–H groups in total. The van der Waals surface area contributed by atoms with Crippen molar-refractivity contribution in [2.24, 2.45) is 0 Å². The van der Waals surface area contributed by atoms with Crippen LogP contribution in [0.2, 0.25) is 0 Å². The lowest BCUT2D eigenvalue weighted by atomic mass is 9.94. The first-order valence-corrected chi connectivity index (χ1v) is 12.1. The third-order valence-corrected chi connectivity index (χ3v) is 6.55. The number of hydrogen-bond acceptors (Lipinski definition) is 8.